The molecule has 1 N–H and O–H groups in total. The summed E-state index contributed by atoms with van der Waals surface area (Å²) in [4.78, 5) is 25.5. The Morgan fingerprint density at radius 1 is 0.903 bits per heavy atom. The molecule has 2 aromatic heterocycles. The number of aromatic nitrogens is 3. The van der Waals surface area contributed by atoms with E-state index < -0.39 is 0 Å². The van der Waals surface area contributed by atoms with Crippen LogP contribution in [0.2, 0.25) is 0 Å². The van der Waals surface area contributed by atoms with Crippen LogP contribution in [-0.2, 0) is 0 Å². The maximum Gasteiger partial charge on any atom is 0.255 e. The summed E-state index contributed by atoms with van der Waals surface area (Å²) in [5.74, 6) is 0.769. The molecule has 0 saturated carbocycles. The third kappa shape index (κ3) is 4.75. The third-order valence-corrected chi connectivity index (χ3v) is 4.77. The molecular formula is C25H22N4O2. The molecule has 154 valence electrons. The van der Waals surface area contributed by atoms with Crippen molar-refractivity contribution in [3.63, 3.8) is 0 Å². The number of carbonyl (C=O) groups excluding carboxylic acids is 1. The molecule has 6 nitrogen and oxygen atoms in total. The van der Waals surface area contributed by atoms with Gasteiger partial charge in [0.2, 0.25) is 5.88 Å². The molecule has 4 rings (SSSR count). The lowest BCUT2D eigenvalue weighted by Gasteiger charge is -2.13. The number of nitrogens with one attached hydrogen (secondary N) is 1. The Morgan fingerprint density at radius 3 is 2.45 bits per heavy atom. The van der Waals surface area contributed by atoms with Gasteiger partial charge in [-0.1, -0.05) is 12.1 Å². The standard InChI is InChI=1S/C25H22N4O2/c1-16-11-17(2)13-20(12-16)29-24(30)19-7-6-18(3)23(14-19)31-25-21(5-4-9-27-25)22-8-10-26-15-28-22/h4-15H,1-3H3,(H,29,30). The number of rotatable bonds is 5. The number of hydrogen-bond donors (Lipinski definition) is 1. The van der Waals surface area contributed by atoms with Gasteiger partial charge in [0.1, 0.15) is 12.1 Å². The number of aryl methyl sites for hydroxylation is 3. The van der Waals surface area contributed by atoms with Gasteiger partial charge in [-0.3, -0.25) is 4.79 Å². The number of anilines is 1. The van der Waals surface area contributed by atoms with E-state index in [-0.39, 0.29) is 5.91 Å². The zero-order valence-corrected chi connectivity index (χ0v) is 17.6. The quantitative estimate of drug-likeness (QED) is 0.469. The molecule has 2 heterocycles. The molecule has 0 bridgehead atoms. The number of amides is 1. The summed E-state index contributed by atoms with van der Waals surface area (Å²) in [7, 11) is 0. The van der Waals surface area contributed by atoms with Gasteiger partial charge in [-0.25, -0.2) is 15.0 Å². The zero-order valence-electron chi connectivity index (χ0n) is 17.6. The largest absolute Gasteiger partial charge is 0.438 e. The van der Waals surface area contributed by atoms with Crippen molar-refractivity contribution in [2.45, 2.75) is 20.8 Å². The van der Waals surface area contributed by atoms with Crippen molar-refractivity contribution >= 4 is 11.6 Å². The van der Waals surface area contributed by atoms with Gasteiger partial charge >= 0.3 is 0 Å². The molecule has 31 heavy (non-hydrogen) atoms. The van der Waals surface area contributed by atoms with Crippen LogP contribution in [0.3, 0.4) is 0 Å². The van der Waals surface area contributed by atoms with E-state index in [0.29, 0.717) is 22.9 Å². The minimum Gasteiger partial charge on any atom is -0.438 e. The van der Waals surface area contributed by atoms with Crippen LogP contribution in [0.25, 0.3) is 11.3 Å². The number of nitrogens with zero attached hydrogens (tertiary/aromatic N) is 3. The first-order valence-corrected chi connectivity index (χ1v) is 9.89. The molecule has 0 aliphatic rings. The van der Waals surface area contributed by atoms with Gasteiger partial charge in [-0.15, -0.1) is 0 Å². The highest BCUT2D eigenvalue weighted by molar-refractivity contribution is 6.04. The van der Waals surface area contributed by atoms with Crippen LogP contribution in [0.5, 0.6) is 11.6 Å². The van der Waals surface area contributed by atoms with Crippen LogP contribution in [0, 0.1) is 20.8 Å². The summed E-state index contributed by atoms with van der Waals surface area (Å²) in [6, 6.07) is 16.8. The van der Waals surface area contributed by atoms with E-state index in [4.69, 9.17) is 4.74 Å². The molecule has 0 spiro atoms. The van der Waals surface area contributed by atoms with E-state index in [1.54, 1.807) is 30.6 Å². The Morgan fingerprint density at radius 2 is 1.71 bits per heavy atom. The van der Waals surface area contributed by atoms with Crippen molar-refractivity contribution in [1.29, 1.82) is 0 Å². The maximum absolute atomic E-state index is 12.8. The van der Waals surface area contributed by atoms with E-state index in [0.717, 1.165) is 27.9 Å². The molecule has 2 aromatic carbocycles. The first-order valence-electron chi connectivity index (χ1n) is 9.89. The number of pyridine rings is 1. The van der Waals surface area contributed by atoms with Gasteiger partial charge in [0.25, 0.3) is 5.91 Å². The minimum absolute atomic E-state index is 0.202. The predicted molar refractivity (Wildman–Crippen MR) is 120 cm³/mol. The Labute approximate surface area is 181 Å². The second kappa shape index (κ2) is 8.75. The van der Waals surface area contributed by atoms with E-state index in [2.05, 4.69) is 26.3 Å². The Hall–Kier alpha value is -4.06. The van der Waals surface area contributed by atoms with Gasteiger partial charge in [0, 0.05) is 23.6 Å². The second-order valence-electron chi connectivity index (χ2n) is 7.36. The molecule has 0 aliphatic heterocycles. The van der Waals surface area contributed by atoms with Crippen molar-refractivity contribution in [1.82, 2.24) is 15.0 Å². The predicted octanol–water partition coefficient (Wildman–Crippen LogP) is 5.51. The van der Waals surface area contributed by atoms with E-state index in [1.807, 2.05) is 51.1 Å². The molecule has 0 radical (unpaired) electrons. The van der Waals surface area contributed by atoms with Crippen LogP contribution in [0.4, 0.5) is 5.69 Å². The number of benzene rings is 2. The summed E-state index contributed by atoms with van der Waals surface area (Å²) in [6.07, 6.45) is 4.81. The monoisotopic (exact) mass is 410 g/mol. The van der Waals surface area contributed by atoms with Crippen LogP contribution in [0.15, 0.2) is 73.3 Å². The van der Waals surface area contributed by atoms with Gasteiger partial charge in [-0.2, -0.15) is 0 Å². The molecule has 1 amide bonds. The fourth-order valence-electron chi connectivity index (χ4n) is 3.32. The molecule has 4 aromatic rings. The molecule has 0 atom stereocenters. The summed E-state index contributed by atoms with van der Waals surface area (Å²) in [5.41, 5.74) is 5.79. The Balaban J connectivity index is 1.61. The van der Waals surface area contributed by atoms with Crippen molar-refractivity contribution in [2.24, 2.45) is 0 Å². The first-order chi connectivity index (χ1) is 15.0. The summed E-state index contributed by atoms with van der Waals surface area (Å²) in [5, 5.41) is 2.96. The lowest BCUT2D eigenvalue weighted by molar-refractivity contribution is 0.102. The summed E-state index contributed by atoms with van der Waals surface area (Å²) in [6.45, 7) is 5.93. The third-order valence-electron chi connectivity index (χ3n) is 4.77. The van der Waals surface area contributed by atoms with Gasteiger partial charge in [0.15, 0.2) is 0 Å². The molecule has 0 fully saturated rings. The molecule has 6 heteroatoms. The van der Waals surface area contributed by atoms with E-state index >= 15 is 0 Å². The van der Waals surface area contributed by atoms with E-state index in [1.165, 1.54) is 6.33 Å². The lowest BCUT2D eigenvalue weighted by atomic mass is 10.1. The molecule has 0 saturated heterocycles. The number of ether oxygens (including phenoxy) is 1. The van der Waals surface area contributed by atoms with Crippen LogP contribution in [0.1, 0.15) is 27.0 Å². The smallest absolute Gasteiger partial charge is 0.255 e. The fraction of sp³-hybridized carbons (Fsp3) is 0.120. The van der Waals surface area contributed by atoms with Crippen molar-refractivity contribution in [3.05, 3.63) is 95.6 Å². The average molecular weight is 410 g/mol. The minimum atomic E-state index is -0.202. The summed E-state index contributed by atoms with van der Waals surface area (Å²) < 4.78 is 6.12. The van der Waals surface area contributed by atoms with Crippen LogP contribution in [-0.4, -0.2) is 20.9 Å². The van der Waals surface area contributed by atoms with Gasteiger partial charge in [-0.05, 0) is 79.9 Å². The Bertz CT molecular complexity index is 1220. The van der Waals surface area contributed by atoms with Crippen molar-refractivity contribution in [2.75, 3.05) is 5.32 Å². The van der Waals surface area contributed by atoms with Crippen molar-refractivity contribution < 1.29 is 9.53 Å². The molecule has 0 unspecified atom stereocenters. The molecular weight excluding hydrogens is 388 g/mol. The van der Waals surface area contributed by atoms with Gasteiger partial charge < -0.3 is 10.1 Å². The van der Waals surface area contributed by atoms with Crippen LogP contribution < -0.4 is 10.1 Å². The van der Waals surface area contributed by atoms with Gasteiger partial charge in [0.05, 0.1) is 11.3 Å². The highest BCUT2D eigenvalue weighted by Crippen LogP contribution is 2.32. The lowest BCUT2D eigenvalue weighted by Crippen LogP contribution is -2.12. The first kappa shape index (κ1) is 20.2. The zero-order chi connectivity index (χ0) is 21.8. The summed E-state index contributed by atoms with van der Waals surface area (Å²) >= 11 is 0. The Kier molecular flexibility index (Phi) is 5.71. The SMILES string of the molecule is Cc1cc(C)cc(NC(=O)c2ccc(C)c(Oc3ncccc3-c3ccncn3)c2)c1. The van der Waals surface area contributed by atoms with E-state index in [9.17, 15) is 4.79 Å². The van der Waals surface area contributed by atoms with Crippen LogP contribution >= 0.6 is 0 Å². The fourth-order valence-corrected chi connectivity index (χ4v) is 3.32. The van der Waals surface area contributed by atoms with Crippen molar-refractivity contribution in [3.8, 4) is 22.9 Å². The topological polar surface area (TPSA) is 77.0 Å². The second-order valence-corrected chi connectivity index (χ2v) is 7.36. The number of hydrogen-bond acceptors (Lipinski definition) is 5. The normalized spacial score (nSPS) is 10.5. The number of carbonyl (C=O) groups is 1. The highest BCUT2D eigenvalue weighted by atomic mass is 16.5. The maximum atomic E-state index is 12.8. The average Bonchev–Trinajstić information content (AvgIpc) is 2.75. The molecule has 0 aliphatic carbocycles. The highest BCUT2D eigenvalue weighted by Gasteiger charge is 2.14.